The molecule has 3 rings (SSSR count). The van der Waals surface area contributed by atoms with Crippen molar-refractivity contribution in [3.05, 3.63) is 35.7 Å². The minimum absolute atomic E-state index is 0.0146. The minimum atomic E-state index is -4.51. The first-order valence-corrected chi connectivity index (χ1v) is 6.95. The fraction of sp³-hybridized carbons (Fsp3) is 0.286. The summed E-state index contributed by atoms with van der Waals surface area (Å²) in [5.41, 5.74) is -0.891. The normalized spacial score (nSPS) is 17.2. The molecule has 0 aliphatic carbocycles. The predicted octanol–water partition coefficient (Wildman–Crippen LogP) is 2.13. The van der Waals surface area contributed by atoms with Crippen molar-refractivity contribution >= 4 is 23.5 Å². The molecule has 0 saturated carbocycles. The van der Waals surface area contributed by atoms with Gasteiger partial charge in [0.2, 0.25) is 17.8 Å². The van der Waals surface area contributed by atoms with E-state index in [9.17, 15) is 22.8 Å². The molecule has 1 aromatic carbocycles. The van der Waals surface area contributed by atoms with Crippen molar-refractivity contribution < 1.29 is 22.8 Å². The number of nitrogens with zero attached hydrogens (tertiary/aromatic N) is 3. The summed E-state index contributed by atoms with van der Waals surface area (Å²) < 4.78 is 39.4. The van der Waals surface area contributed by atoms with Crippen LogP contribution in [0.3, 0.4) is 0 Å². The second-order valence-corrected chi connectivity index (χ2v) is 5.26. The van der Waals surface area contributed by atoms with Gasteiger partial charge in [0.15, 0.2) is 0 Å². The Bertz CT molecular complexity index is 815. The zero-order chi connectivity index (χ0) is 17.5. The Morgan fingerprint density at radius 2 is 2.17 bits per heavy atom. The zero-order valence-corrected chi connectivity index (χ0v) is 12.4. The zero-order valence-electron chi connectivity index (χ0n) is 12.4. The second kappa shape index (κ2) is 5.62. The van der Waals surface area contributed by atoms with Crippen molar-refractivity contribution in [2.24, 2.45) is 0 Å². The summed E-state index contributed by atoms with van der Waals surface area (Å²) in [5.74, 6) is -0.563. The van der Waals surface area contributed by atoms with Crippen molar-refractivity contribution in [1.29, 1.82) is 0 Å². The number of hydrogen-bond acceptors (Lipinski definition) is 4. The average Bonchev–Trinajstić information content (AvgIpc) is 2.85. The number of fused-ring (bicyclic) bond motifs is 1. The summed E-state index contributed by atoms with van der Waals surface area (Å²) in [7, 11) is 0. The molecule has 0 saturated heterocycles. The predicted molar refractivity (Wildman–Crippen MR) is 77.1 cm³/mol. The van der Waals surface area contributed by atoms with Crippen LogP contribution < -0.4 is 10.6 Å². The highest BCUT2D eigenvalue weighted by Crippen LogP contribution is 2.31. The first-order chi connectivity index (χ1) is 11.2. The Balaban J connectivity index is 1.84. The van der Waals surface area contributed by atoms with Crippen LogP contribution >= 0.6 is 0 Å². The van der Waals surface area contributed by atoms with Gasteiger partial charge in [0, 0.05) is 5.69 Å². The van der Waals surface area contributed by atoms with Crippen LogP contribution in [0.1, 0.15) is 23.9 Å². The first kappa shape index (κ1) is 16.0. The van der Waals surface area contributed by atoms with Crippen LogP contribution in [0.15, 0.2) is 24.3 Å². The fourth-order valence-electron chi connectivity index (χ4n) is 2.37. The molecule has 1 aliphatic heterocycles. The highest BCUT2D eigenvalue weighted by Gasteiger charge is 2.33. The van der Waals surface area contributed by atoms with Gasteiger partial charge >= 0.3 is 6.18 Å². The molecule has 0 spiro atoms. The number of carbonyl (C=O) groups excluding carboxylic acids is 2. The molecule has 2 amide bonds. The van der Waals surface area contributed by atoms with Crippen LogP contribution in [0.2, 0.25) is 0 Å². The van der Waals surface area contributed by atoms with E-state index in [4.69, 9.17) is 0 Å². The van der Waals surface area contributed by atoms with E-state index in [1.807, 2.05) is 0 Å². The first-order valence-electron chi connectivity index (χ1n) is 6.95. The Kier molecular flexibility index (Phi) is 3.74. The van der Waals surface area contributed by atoms with Crippen LogP contribution in [0.5, 0.6) is 0 Å². The van der Waals surface area contributed by atoms with Crippen molar-refractivity contribution in [3.8, 4) is 0 Å². The number of nitrogens with one attached hydrogen (secondary N) is 2. The Hall–Kier alpha value is -2.91. The van der Waals surface area contributed by atoms with E-state index in [-0.39, 0.29) is 18.1 Å². The lowest BCUT2D eigenvalue weighted by Crippen LogP contribution is -2.36. The van der Waals surface area contributed by atoms with E-state index in [1.165, 1.54) is 16.8 Å². The van der Waals surface area contributed by atoms with Gasteiger partial charge in [-0.1, -0.05) is 6.07 Å². The molecule has 10 heteroatoms. The minimum Gasteiger partial charge on any atom is -0.324 e. The molecular weight excluding hydrogens is 327 g/mol. The number of aryl methyl sites for hydroxylation is 1. The van der Waals surface area contributed by atoms with Crippen molar-refractivity contribution in [1.82, 2.24) is 14.8 Å². The number of rotatable bonds is 2. The van der Waals surface area contributed by atoms with E-state index in [0.717, 1.165) is 12.1 Å². The molecule has 0 radical (unpaired) electrons. The smallest absolute Gasteiger partial charge is 0.324 e. The molecule has 1 aromatic heterocycles. The maximum Gasteiger partial charge on any atom is 0.416 e. The third kappa shape index (κ3) is 3.07. The Morgan fingerprint density at radius 3 is 2.88 bits per heavy atom. The third-order valence-corrected chi connectivity index (χ3v) is 3.42. The van der Waals surface area contributed by atoms with Crippen LogP contribution in [0.25, 0.3) is 0 Å². The largest absolute Gasteiger partial charge is 0.416 e. The van der Waals surface area contributed by atoms with Gasteiger partial charge in [-0.2, -0.15) is 23.3 Å². The monoisotopic (exact) mass is 339 g/mol. The number of carbonyl (C=O) groups is 2. The van der Waals surface area contributed by atoms with Gasteiger partial charge in [-0.05, 0) is 25.1 Å². The van der Waals surface area contributed by atoms with Crippen LogP contribution in [-0.2, 0) is 15.8 Å². The number of alkyl halides is 3. The molecule has 2 N–H and O–H groups in total. The molecule has 126 valence electrons. The van der Waals surface area contributed by atoms with Crippen molar-refractivity contribution in [3.63, 3.8) is 0 Å². The molecular formula is C14H12F3N5O2. The Labute approximate surface area is 133 Å². The highest BCUT2D eigenvalue weighted by atomic mass is 19.4. The van der Waals surface area contributed by atoms with Crippen molar-refractivity contribution in [2.75, 3.05) is 10.6 Å². The number of halogens is 3. The van der Waals surface area contributed by atoms with Gasteiger partial charge in [0.05, 0.1) is 12.0 Å². The Morgan fingerprint density at radius 1 is 1.42 bits per heavy atom. The summed E-state index contributed by atoms with van der Waals surface area (Å²) >= 11 is 0. The van der Waals surface area contributed by atoms with Crippen LogP contribution in [-0.4, -0.2) is 26.6 Å². The molecule has 2 heterocycles. The fourth-order valence-corrected chi connectivity index (χ4v) is 2.37. The number of benzene rings is 1. The second-order valence-electron chi connectivity index (χ2n) is 5.26. The van der Waals surface area contributed by atoms with Crippen LogP contribution in [0.4, 0.5) is 24.8 Å². The number of amides is 2. The van der Waals surface area contributed by atoms with Gasteiger partial charge < -0.3 is 5.32 Å². The number of hydrogen-bond donors (Lipinski definition) is 2. The van der Waals surface area contributed by atoms with E-state index in [0.29, 0.717) is 5.82 Å². The summed E-state index contributed by atoms with van der Waals surface area (Å²) in [6.45, 7) is 1.60. The lowest BCUT2D eigenvalue weighted by Gasteiger charge is -2.22. The number of anilines is 2. The third-order valence-electron chi connectivity index (χ3n) is 3.42. The summed E-state index contributed by atoms with van der Waals surface area (Å²) in [4.78, 5) is 28.0. The average molecular weight is 339 g/mol. The standard InChI is InChI=1S/C14H12F3N5O2/c1-7-18-13-20-11(23)6-10(22(13)21-7)12(24)19-9-4-2-3-8(5-9)14(15,16)17/h2-5,10H,6H2,1H3,(H,19,24)(H,18,20,21,23)/t10-/m0/s1. The van der Waals surface area contributed by atoms with Gasteiger partial charge in [-0.15, -0.1) is 0 Å². The van der Waals surface area contributed by atoms with Gasteiger partial charge in [0.25, 0.3) is 0 Å². The highest BCUT2D eigenvalue weighted by molar-refractivity contribution is 6.00. The lowest BCUT2D eigenvalue weighted by molar-refractivity contribution is -0.137. The van der Waals surface area contributed by atoms with Crippen LogP contribution in [0, 0.1) is 6.92 Å². The maximum atomic E-state index is 12.7. The summed E-state index contributed by atoms with van der Waals surface area (Å²) in [6, 6.07) is 3.28. The molecule has 7 nitrogen and oxygen atoms in total. The lowest BCUT2D eigenvalue weighted by atomic mass is 10.1. The SMILES string of the molecule is Cc1nc2n(n1)[C@H](C(=O)Nc1cccc(C(F)(F)F)c1)CC(=O)N2. The van der Waals surface area contributed by atoms with Gasteiger partial charge in [-0.25, -0.2) is 4.68 Å². The molecule has 1 aliphatic rings. The van der Waals surface area contributed by atoms with Gasteiger partial charge in [0.1, 0.15) is 11.9 Å². The molecule has 0 fully saturated rings. The van der Waals surface area contributed by atoms with E-state index < -0.39 is 29.6 Å². The summed E-state index contributed by atoms with van der Waals surface area (Å²) in [6.07, 6.45) is -4.69. The van der Waals surface area contributed by atoms with Crippen molar-refractivity contribution in [2.45, 2.75) is 25.6 Å². The van der Waals surface area contributed by atoms with Gasteiger partial charge in [-0.3, -0.25) is 14.9 Å². The molecule has 24 heavy (non-hydrogen) atoms. The molecule has 1 atom stereocenters. The topological polar surface area (TPSA) is 88.9 Å². The quantitative estimate of drug-likeness (QED) is 0.877. The van der Waals surface area contributed by atoms with E-state index in [2.05, 4.69) is 20.7 Å². The molecule has 0 bridgehead atoms. The maximum absolute atomic E-state index is 12.7. The van der Waals surface area contributed by atoms with E-state index in [1.54, 1.807) is 6.92 Å². The molecule has 2 aromatic rings. The molecule has 0 unspecified atom stereocenters. The summed E-state index contributed by atoms with van der Waals surface area (Å²) in [5, 5.41) is 8.90. The number of aromatic nitrogens is 3. The van der Waals surface area contributed by atoms with E-state index >= 15 is 0 Å².